The Morgan fingerprint density at radius 2 is 1.91 bits per heavy atom. The lowest BCUT2D eigenvalue weighted by Crippen LogP contribution is -2.41. The molecule has 2 rings (SSSR count). The molecule has 0 unspecified atom stereocenters. The second-order valence-corrected chi connectivity index (χ2v) is 6.86. The molecule has 1 aliphatic heterocycles. The van der Waals surface area contributed by atoms with Gasteiger partial charge in [0.05, 0.1) is 6.42 Å². The highest BCUT2D eigenvalue weighted by molar-refractivity contribution is 5.79. The van der Waals surface area contributed by atoms with Crippen LogP contribution in [0.25, 0.3) is 0 Å². The molecule has 0 aromatic heterocycles. The summed E-state index contributed by atoms with van der Waals surface area (Å²) in [5, 5.41) is 0. The van der Waals surface area contributed by atoms with Crippen LogP contribution in [-0.2, 0) is 11.2 Å². The highest BCUT2D eigenvalue weighted by Crippen LogP contribution is 2.19. The molecule has 1 aromatic rings. The molecule has 0 aliphatic carbocycles. The number of anilines is 1. The van der Waals surface area contributed by atoms with Crippen molar-refractivity contribution in [1.82, 2.24) is 9.80 Å². The van der Waals surface area contributed by atoms with E-state index in [0.717, 1.165) is 43.1 Å². The molecular formula is C19H31N3O. The lowest BCUT2D eigenvalue weighted by atomic mass is 9.95. The van der Waals surface area contributed by atoms with E-state index >= 15 is 0 Å². The van der Waals surface area contributed by atoms with E-state index in [1.54, 1.807) is 0 Å². The zero-order valence-electron chi connectivity index (χ0n) is 14.6. The molecule has 1 heterocycles. The number of carbonyl (C=O) groups is 1. The number of nitrogens with zero attached hydrogens (tertiary/aromatic N) is 2. The number of carbonyl (C=O) groups excluding carboxylic acids is 1. The van der Waals surface area contributed by atoms with E-state index < -0.39 is 0 Å². The van der Waals surface area contributed by atoms with Gasteiger partial charge in [-0.2, -0.15) is 0 Å². The van der Waals surface area contributed by atoms with Crippen molar-refractivity contribution in [2.45, 2.75) is 39.0 Å². The molecule has 0 saturated carbocycles. The molecule has 0 atom stereocenters. The Labute approximate surface area is 140 Å². The van der Waals surface area contributed by atoms with Crippen LogP contribution in [0.4, 0.5) is 5.69 Å². The first-order chi connectivity index (χ1) is 11.1. The summed E-state index contributed by atoms with van der Waals surface area (Å²) in [5.41, 5.74) is 7.48. The third kappa shape index (κ3) is 5.87. The van der Waals surface area contributed by atoms with E-state index in [1.165, 1.54) is 25.9 Å². The first-order valence-electron chi connectivity index (χ1n) is 8.89. The van der Waals surface area contributed by atoms with E-state index in [-0.39, 0.29) is 5.91 Å². The van der Waals surface area contributed by atoms with Gasteiger partial charge in [-0.1, -0.05) is 25.5 Å². The highest BCUT2D eigenvalue weighted by Gasteiger charge is 2.23. The van der Waals surface area contributed by atoms with Crippen molar-refractivity contribution in [3.05, 3.63) is 29.8 Å². The molecule has 1 saturated heterocycles. The van der Waals surface area contributed by atoms with Gasteiger partial charge in [0, 0.05) is 25.3 Å². The van der Waals surface area contributed by atoms with Crippen molar-refractivity contribution in [3.63, 3.8) is 0 Å². The van der Waals surface area contributed by atoms with E-state index in [0.29, 0.717) is 6.42 Å². The summed E-state index contributed by atoms with van der Waals surface area (Å²) in [5.74, 6) is 0.977. The van der Waals surface area contributed by atoms with Crippen molar-refractivity contribution >= 4 is 11.6 Å². The van der Waals surface area contributed by atoms with Crippen LogP contribution in [0.15, 0.2) is 24.3 Å². The van der Waals surface area contributed by atoms with Gasteiger partial charge < -0.3 is 15.5 Å². The van der Waals surface area contributed by atoms with Crippen molar-refractivity contribution in [2.24, 2.45) is 5.92 Å². The van der Waals surface area contributed by atoms with Crippen LogP contribution in [0.1, 0.15) is 38.2 Å². The molecule has 0 radical (unpaired) electrons. The van der Waals surface area contributed by atoms with Gasteiger partial charge in [-0.3, -0.25) is 4.79 Å². The van der Waals surface area contributed by atoms with Crippen molar-refractivity contribution in [1.29, 1.82) is 0 Å². The van der Waals surface area contributed by atoms with E-state index in [9.17, 15) is 4.79 Å². The molecule has 1 amide bonds. The standard InChI is InChI=1S/C19H31N3O/c1-3-4-11-21(2)15-17-9-12-22(13-10-17)19(23)14-16-5-7-18(20)8-6-16/h5-8,17H,3-4,9-15,20H2,1-2H3. The maximum absolute atomic E-state index is 12.4. The van der Waals surface area contributed by atoms with Gasteiger partial charge in [0.2, 0.25) is 5.91 Å². The minimum atomic E-state index is 0.243. The van der Waals surface area contributed by atoms with Crippen LogP contribution in [0.5, 0.6) is 0 Å². The average molecular weight is 317 g/mol. The number of rotatable bonds is 7. The fourth-order valence-electron chi connectivity index (χ4n) is 3.25. The molecule has 0 spiro atoms. The first kappa shape index (κ1) is 17.8. The van der Waals surface area contributed by atoms with Crippen LogP contribution in [0.2, 0.25) is 0 Å². The Morgan fingerprint density at radius 3 is 2.52 bits per heavy atom. The van der Waals surface area contributed by atoms with Gasteiger partial charge in [0.25, 0.3) is 0 Å². The monoisotopic (exact) mass is 317 g/mol. The van der Waals surface area contributed by atoms with E-state index in [1.807, 2.05) is 29.2 Å². The molecule has 4 nitrogen and oxygen atoms in total. The van der Waals surface area contributed by atoms with Crippen LogP contribution < -0.4 is 5.73 Å². The van der Waals surface area contributed by atoms with Gasteiger partial charge in [0.15, 0.2) is 0 Å². The van der Waals surface area contributed by atoms with Crippen molar-refractivity contribution in [3.8, 4) is 0 Å². The van der Waals surface area contributed by atoms with Crippen LogP contribution in [-0.4, -0.2) is 48.9 Å². The zero-order chi connectivity index (χ0) is 16.7. The number of likely N-dealkylation sites (tertiary alicyclic amines) is 1. The quantitative estimate of drug-likeness (QED) is 0.787. The van der Waals surface area contributed by atoms with Crippen molar-refractivity contribution in [2.75, 3.05) is 39.0 Å². The predicted octanol–water partition coefficient (Wildman–Crippen LogP) is 2.78. The number of benzene rings is 1. The van der Waals surface area contributed by atoms with Crippen LogP contribution in [0, 0.1) is 5.92 Å². The molecule has 128 valence electrons. The molecule has 1 fully saturated rings. The smallest absolute Gasteiger partial charge is 0.226 e. The third-order valence-electron chi connectivity index (χ3n) is 4.77. The zero-order valence-corrected chi connectivity index (χ0v) is 14.6. The molecule has 1 aliphatic rings. The maximum Gasteiger partial charge on any atom is 0.226 e. The number of hydrogen-bond acceptors (Lipinski definition) is 3. The third-order valence-corrected chi connectivity index (χ3v) is 4.77. The number of unbranched alkanes of at least 4 members (excludes halogenated alkanes) is 1. The summed E-state index contributed by atoms with van der Waals surface area (Å²) in [6.45, 7) is 6.39. The number of nitrogen functional groups attached to an aromatic ring is 1. The average Bonchev–Trinajstić information content (AvgIpc) is 2.55. The number of hydrogen-bond donors (Lipinski definition) is 1. The Bertz CT molecular complexity index is 478. The summed E-state index contributed by atoms with van der Waals surface area (Å²) in [6.07, 6.45) is 5.27. The van der Waals surface area contributed by atoms with Gasteiger partial charge in [-0.05, 0) is 56.5 Å². The summed E-state index contributed by atoms with van der Waals surface area (Å²) in [6, 6.07) is 7.62. The fourth-order valence-corrected chi connectivity index (χ4v) is 3.25. The lowest BCUT2D eigenvalue weighted by Gasteiger charge is -2.34. The van der Waals surface area contributed by atoms with E-state index in [4.69, 9.17) is 5.73 Å². The fraction of sp³-hybridized carbons (Fsp3) is 0.632. The molecule has 4 heteroatoms. The van der Waals surface area contributed by atoms with Crippen molar-refractivity contribution < 1.29 is 4.79 Å². The normalized spacial score (nSPS) is 16.0. The van der Waals surface area contributed by atoms with Gasteiger partial charge >= 0.3 is 0 Å². The molecular weight excluding hydrogens is 286 g/mol. The minimum absolute atomic E-state index is 0.243. The summed E-state index contributed by atoms with van der Waals surface area (Å²) in [7, 11) is 2.22. The number of nitrogens with two attached hydrogens (primary N) is 1. The Balaban J connectivity index is 1.73. The second-order valence-electron chi connectivity index (χ2n) is 6.86. The SMILES string of the molecule is CCCCN(C)CC1CCN(C(=O)Cc2ccc(N)cc2)CC1. The number of piperidine rings is 1. The molecule has 0 bridgehead atoms. The first-order valence-corrected chi connectivity index (χ1v) is 8.89. The Kier molecular flexibility index (Phi) is 6.90. The molecule has 23 heavy (non-hydrogen) atoms. The minimum Gasteiger partial charge on any atom is -0.399 e. The largest absolute Gasteiger partial charge is 0.399 e. The second kappa shape index (κ2) is 8.92. The highest BCUT2D eigenvalue weighted by atomic mass is 16.2. The predicted molar refractivity (Wildman–Crippen MR) is 96.3 cm³/mol. The topological polar surface area (TPSA) is 49.6 Å². The maximum atomic E-state index is 12.4. The lowest BCUT2D eigenvalue weighted by molar-refractivity contribution is -0.131. The van der Waals surface area contributed by atoms with Gasteiger partial charge in [0.1, 0.15) is 0 Å². The summed E-state index contributed by atoms with van der Waals surface area (Å²) < 4.78 is 0. The van der Waals surface area contributed by atoms with Gasteiger partial charge in [-0.15, -0.1) is 0 Å². The van der Waals surface area contributed by atoms with Crippen LogP contribution in [0.3, 0.4) is 0 Å². The molecule has 2 N–H and O–H groups in total. The van der Waals surface area contributed by atoms with Gasteiger partial charge in [-0.25, -0.2) is 0 Å². The van der Waals surface area contributed by atoms with E-state index in [2.05, 4.69) is 18.9 Å². The Morgan fingerprint density at radius 1 is 1.26 bits per heavy atom. The molecule has 1 aromatic carbocycles. The Hall–Kier alpha value is -1.55. The summed E-state index contributed by atoms with van der Waals surface area (Å²) in [4.78, 5) is 16.9. The summed E-state index contributed by atoms with van der Waals surface area (Å²) >= 11 is 0. The number of amides is 1. The van der Waals surface area contributed by atoms with Crippen LogP contribution >= 0.6 is 0 Å².